The largest absolute Gasteiger partial charge is 0.465 e. The zero-order valence-corrected chi connectivity index (χ0v) is 18.6. The Bertz CT molecular complexity index is 662. The lowest BCUT2D eigenvalue weighted by molar-refractivity contribution is -0.150. The molecule has 30 heavy (non-hydrogen) atoms. The Labute approximate surface area is 180 Å². The summed E-state index contributed by atoms with van der Waals surface area (Å²) in [5, 5.41) is 0. The number of hydrogen-bond donors (Lipinski definition) is 0. The predicted octanol–water partition coefficient (Wildman–Crippen LogP) is 2.56. The van der Waals surface area contributed by atoms with Crippen LogP contribution in [0.5, 0.6) is 0 Å². The highest BCUT2D eigenvalue weighted by Gasteiger charge is 2.57. The van der Waals surface area contributed by atoms with Crippen molar-refractivity contribution in [2.75, 3.05) is 39.4 Å². The summed E-state index contributed by atoms with van der Waals surface area (Å²) in [6.45, 7) is 9.65. The minimum atomic E-state index is -0.0718. The first-order chi connectivity index (χ1) is 14.5. The summed E-state index contributed by atoms with van der Waals surface area (Å²) in [4.78, 5) is 29.4. The molecule has 5 aliphatic rings. The van der Waals surface area contributed by atoms with Crippen molar-refractivity contribution in [3.63, 3.8) is 0 Å². The van der Waals surface area contributed by atoms with E-state index in [9.17, 15) is 9.59 Å². The second kappa shape index (κ2) is 8.42. The maximum Gasteiger partial charge on any atom is 0.307 e. The van der Waals surface area contributed by atoms with Crippen molar-refractivity contribution in [1.82, 2.24) is 9.80 Å². The standard InChI is InChI=1S/C24H38N2O4/c1-15(25-5-6-25)9-22(27)29-13-19-12-20-17-3-4-18(11-17)24(20)21(19)14-30-23(28)10-16(2)26-7-8-26/h15-21,24H,3-14H2,1-2H3. The van der Waals surface area contributed by atoms with Crippen LogP contribution in [-0.2, 0) is 19.1 Å². The van der Waals surface area contributed by atoms with E-state index in [-0.39, 0.29) is 24.0 Å². The number of carbonyl (C=O) groups is 2. The van der Waals surface area contributed by atoms with Crippen LogP contribution in [0.2, 0.25) is 0 Å². The molecule has 0 radical (unpaired) electrons. The second-order valence-electron chi connectivity index (χ2n) is 10.8. The first-order valence-corrected chi connectivity index (χ1v) is 12.3. The van der Waals surface area contributed by atoms with Gasteiger partial charge in [0.05, 0.1) is 26.1 Å². The van der Waals surface area contributed by atoms with Gasteiger partial charge in [0, 0.05) is 44.2 Å². The van der Waals surface area contributed by atoms with Gasteiger partial charge in [-0.25, -0.2) is 0 Å². The zero-order valence-electron chi connectivity index (χ0n) is 18.6. The molecule has 0 N–H and O–H groups in total. The summed E-state index contributed by atoms with van der Waals surface area (Å²) >= 11 is 0. The molecule has 2 heterocycles. The van der Waals surface area contributed by atoms with Crippen LogP contribution < -0.4 is 0 Å². The van der Waals surface area contributed by atoms with E-state index in [4.69, 9.17) is 9.47 Å². The average Bonchev–Trinajstić information content (AvgIpc) is 3.63. The fourth-order valence-corrected chi connectivity index (χ4v) is 6.99. The normalized spacial score (nSPS) is 38.9. The molecule has 5 rings (SSSR count). The Balaban J connectivity index is 1.15. The van der Waals surface area contributed by atoms with Crippen LogP contribution in [0, 0.1) is 35.5 Å². The Morgan fingerprint density at radius 1 is 0.833 bits per heavy atom. The van der Waals surface area contributed by atoms with Gasteiger partial charge < -0.3 is 9.47 Å². The lowest BCUT2D eigenvalue weighted by Gasteiger charge is -2.30. The van der Waals surface area contributed by atoms with Crippen LogP contribution in [-0.4, -0.2) is 73.2 Å². The Morgan fingerprint density at radius 2 is 1.40 bits per heavy atom. The first kappa shape index (κ1) is 20.7. The summed E-state index contributed by atoms with van der Waals surface area (Å²) in [6, 6.07) is 0.578. The summed E-state index contributed by atoms with van der Waals surface area (Å²) in [7, 11) is 0. The molecular weight excluding hydrogens is 380 g/mol. The van der Waals surface area contributed by atoms with E-state index in [2.05, 4.69) is 23.6 Å². The number of carbonyl (C=O) groups excluding carboxylic acids is 2. The van der Waals surface area contributed by atoms with Crippen molar-refractivity contribution >= 4 is 11.9 Å². The van der Waals surface area contributed by atoms with Gasteiger partial charge in [0.15, 0.2) is 0 Å². The van der Waals surface area contributed by atoms with Gasteiger partial charge in [0.25, 0.3) is 0 Å². The quantitative estimate of drug-likeness (QED) is 0.401. The van der Waals surface area contributed by atoms with E-state index in [1.165, 1.54) is 19.3 Å². The highest BCUT2D eigenvalue weighted by atomic mass is 16.5. The second-order valence-corrected chi connectivity index (χ2v) is 10.8. The van der Waals surface area contributed by atoms with Gasteiger partial charge in [0.2, 0.25) is 0 Å². The Hall–Kier alpha value is -1.14. The molecule has 8 unspecified atom stereocenters. The highest BCUT2D eigenvalue weighted by molar-refractivity contribution is 5.70. The van der Waals surface area contributed by atoms with E-state index in [0.29, 0.717) is 43.8 Å². The van der Waals surface area contributed by atoms with Gasteiger partial charge in [-0.05, 0) is 69.1 Å². The molecule has 6 heteroatoms. The number of rotatable bonds is 10. The van der Waals surface area contributed by atoms with E-state index in [0.717, 1.165) is 50.4 Å². The molecular formula is C24H38N2O4. The van der Waals surface area contributed by atoms with Crippen LogP contribution >= 0.6 is 0 Å². The summed E-state index contributed by atoms with van der Waals surface area (Å²) < 4.78 is 11.6. The molecule has 2 aliphatic heterocycles. The number of nitrogens with zero attached hydrogens (tertiary/aromatic N) is 2. The van der Waals surface area contributed by atoms with Gasteiger partial charge in [-0.15, -0.1) is 0 Å². The predicted molar refractivity (Wildman–Crippen MR) is 113 cm³/mol. The third-order valence-electron chi connectivity index (χ3n) is 8.86. The van der Waals surface area contributed by atoms with E-state index >= 15 is 0 Å². The molecule has 8 atom stereocenters. The van der Waals surface area contributed by atoms with Crippen LogP contribution in [0.1, 0.15) is 52.4 Å². The van der Waals surface area contributed by atoms with Crippen molar-refractivity contribution in [1.29, 1.82) is 0 Å². The van der Waals surface area contributed by atoms with Crippen LogP contribution in [0.3, 0.4) is 0 Å². The molecule has 2 saturated heterocycles. The number of ether oxygens (including phenoxy) is 2. The number of fused-ring (bicyclic) bond motifs is 5. The van der Waals surface area contributed by atoms with Crippen LogP contribution in [0.25, 0.3) is 0 Å². The Kier molecular flexibility index (Phi) is 5.82. The van der Waals surface area contributed by atoms with Gasteiger partial charge in [0.1, 0.15) is 0 Å². The fourth-order valence-electron chi connectivity index (χ4n) is 6.99. The SMILES string of the molecule is CC(CC(=O)OCC1CC2C3CCC(C3)C2C1COC(=O)CC(C)N1CC1)N1CC1. The number of hydrogen-bond acceptors (Lipinski definition) is 6. The maximum atomic E-state index is 12.4. The smallest absolute Gasteiger partial charge is 0.307 e. The topological polar surface area (TPSA) is 58.6 Å². The van der Waals surface area contributed by atoms with Crippen molar-refractivity contribution in [3.05, 3.63) is 0 Å². The molecule has 0 aromatic rings. The van der Waals surface area contributed by atoms with Crippen molar-refractivity contribution in [2.45, 2.75) is 64.5 Å². The van der Waals surface area contributed by atoms with E-state index < -0.39 is 0 Å². The van der Waals surface area contributed by atoms with Crippen LogP contribution in [0.4, 0.5) is 0 Å². The number of esters is 2. The highest BCUT2D eigenvalue weighted by Crippen LogP contribution is 2.62. The summed E-state index contributed by atoms with van der Waals surface area (Å²) in [5.74, 6) is 3.64. The molecule has 2 bridgehead atoms. The van der Waals surface area contributed by atoms with Gasteiger partial charge in [-0.1, -0.05) is 0 Å². The lowest BCUT2D eigenvalue weighted by Crippen LogP contribution is -2.31. The lowest BCUT2D eigenvalue weighted by atomic mass is 9.77. The van der Waals surface area contributed by atoms with E-state index in [1.807, 2.05) is 0 Å². The molecule has 0 aromatic heterocycles. The van der Waals surface area contributed by atoms with Crippen molar-refractivity contribution < 1.29 is 19.1 Å². The molecule has 5 fully saturated rings. The fraction of sp³-hybridized carbons (Fsp3) is 0.917. The van der Waals surface area contributed by atoms with Gasteiger partial charge >= 0.3 is 11.9 Å². The third kappa shape index (κ3) is 4.40. The summed E-state index contributed by atoms with van der Waals surface area (Å²) in [6.07, 6.45) is 6.19. The van der Waals surface area contributed by atoms with Gasteiger partial charge in [-0.3, -0.25) is 19.4 Å². The van der Waals surface area contributed by atoms with Crippen molar-refractivity contribution in [3.8, 4) is 0 Å². The summed E-state index contributed by atoms with van der Waals surface area (Å²) in [5.41, 5.74) is 0. The molecule has 3 saturated carbocycles. The zero-order chi connectivity index (χ0) is 20.8. The van der Waals surface area contributed by atoms with Crippen molar-refractivity contribution in [2.24, 2.45) is 35.5 Å². The molecule has 0 spiro atoms. The van der Waals surface area contributed by atoms with E-state index in [1.54, 1.807) is 0 Å². The minimum Gasteiger partial charge on any atom is -0.465 e. The molecule has 168 valence electrons. The third-order valence-corrected chi connectivity index (χ3v) is 8.86. The first-order valence-electron chi connectivity index (χ1n) is 12.3. The average molecular weight is 419 g/mol. The van der Waals surface area contributed by atoms with Gasteiger partial charge in [-0.2, -0.15) is 0 Å². The molecule has 0 aromatic carbocycles. The molecule has 3 aliphatic carbocycles. The minimum absolute atomic E-state index is 0.0657. The van der Waals surface area contributed by atoms with Crippen LogP contribution in [0.15, 0.2) is 0 Å². The molecule has 0 amide bonds. The monoisotopic (exact) mass is 418 g/mol. The Morgan fingerprint density at radius 3 is 2.00 bits per heavy atom. The maximum absolute atomic E-state index is 12.4. The molecule has 6 nitrogen and oxygen atoms in total.